The third-order valence-electron chi connectivity index (χ3n) is 4.51. The van der Waals surface area contributed by atoms with E-state index in [9.17, 15) is 9.18 Å². The Kier molecular flexibility index (Phi) is 3.72. The van der Waals surface area contributed by atoms with Crippen molar-refractivity contribution in [1.82, 2.24) is 14.6 Å². The van der Waals surface area contributed by atoms with E-state index in [0.29, 0.717) is 22.5 Å². The van der Waals surface area contributed by atoms with Crippen LogP contribution in [-0.4, -0.2) is 14.6 Å². The lowest BCUT2D eigenvalue weighted by Gasteiger charge is -2.10. The standard InChI is InChI=1S/C21H18FN3O/c1-12-9-16(11-17(22)10-12)18-13(2)24-25-19(15-7-5-4-6-8-15)14(3)23-21(25)20(18)26/h4-11,24H,1-3H3. The second-order valence-electron chi connectivity index (χ2n) is 6.53. The summed E-state index contributed by atoms with van der Waals surface area (Å²) >= 11 is 0. The minimum absolute atomic E-state index is 0.212. The third kappa shape index (κ3) is 2.52. The van der Waals surface area contributed by atoms with Crippen LogP contribution in [0.5, 0.6) is 0 Å². The van der Waals surface area contributed by atoms with Gasteiger partial charge < -0.3 is 0 Å². The van der Waals surface area contributed by atoms with Crippen LogP contribution in [0.25, 0.3) is 28.0 Å². The van der Waals surface area contributed by atoms with E-state index in [0.717, 1.165) is 22.5 Å². The zero-order chi connectivity index (χ0) is 18.4. The van der Waals surface area contributed by atoms with Crippen LogP contribution in [0, 0.1) is 26.6 Å². The van der Waals surface area contributed by atoms with Crippen molar-refractivity contribution in [2.45, 2.75) is 20.8 Å². The first-order valence-corrected chi connectivity index (χ1v) is 8.40. The van der Waals surface area contributed by atoms with Crippen molar-refractivity contribution < 1.29 is 4.39 Å². The first kappa shape index (κ1) is 16.3. The SMILES string of the molecule is Cc1cc(F)cc(-c2c(C)[nH]n3c(-c4ccccc4)c(C)nc3c2=O)c1. The summed E-state index contributed by atoms with van der Waals surface area (Å²) in [6, 6.07) is 14.4. The highest BCUT2D eigenvalue weighted by Gasteiger charge is 2.18. The molecule has 0 unspecified atom stereocenters. The summed E-state index contributed by atoms with van der Waals surface area (Å²) in [6.07, 6.45) is 0. The highest BCUT2D eigenvalue weighted by Crippen LogP contribution is 2.26. The molecule has 0 radical (unpaired) electrons. The van der Waals surface area contributed by atoms with Gasteiger partial charge in [-0.15, -0.1) is 0 Å². The van der Waals surface area contributed by atoms with Crippen molar-refractivity contribution >= 4 is 5.65 Å². The van der Waals surface area contributed by atoms with Gasteiger partial charge in [-0.3, -0.25) is 9.89 Å². The molecule has 0 bridgehead atoms. The van der Waals surface area contributed by atoms with E-state index in [2.05, 4.69) is 10.1 Å². The lowest BCUT2D eigenvalue weighted by molar-refractivity contribution is 0.627. The van der Waals surface area contributed by atoms with Crippen molar-refractivity contribution in [3.8, 4) is 22.4 Å². The van der Waals surface area contributed by atoms with E-state index in [1.165, 1.54) is 12.1 Å². The highest BCUT2D eigenvalue weighted by molar-refractivity contribution is 5.73. The van der Waals surface area contributed by atoms with Gasteiger partial charge in [-0.1, -0.05) is 36.4 Å². The second-order valence-corrected chi connectivity index (χ2v) is 6.53. The predicted octanol–water partition coefficient (Wildman–Crippen LogP) is 4.42. The third-order valence-corrected chi connectivity index (χ3v) is 4.51. The molecule has 0 aliphatic carbocycles. The topological polar surface area (TPSA) is 50.2 Å². The largest absolute Gasteiger partial charge is 0.296 e. The van der Waals surface area contributed by atoms with Crippen molar-refractivity contribution in [2.75, 3.05) is 0 Å². The number of nitrogens with zero attached hydrogens (tertiary/aromatic N) is 2. The average molecular weight is 347 g/mol. The molecular formula is C21H18FN3O. The Hall–Kier alpha value is -3.21. The van der Waals surface area contributed by atoms with Crippen LogP contribution < -0.4 is 5.43 Å². The van der Waals surface area contributed by atoms with Crippen LogP contribution in [0.4, 0.5) is 4.39 Å². The first-order valence-electron chi connectivity index (χ1n) is 8.40. The Morgan fingerprint density at radius 2 is 1.73 bits per heavy atom. The van der Waals surface area contributed by atoms with Gasteiger partial charge in [0.1, 0.15) is 5.82 Å². The number of imidazole rings is 1. The molecule has 2 aromatic heterocycles. The van der Waals surface area contributed by atoms with Crippen LogP contribution in [0.15, 0.2) is 53.3 Å². The Morgan fingerprint density at radius 1 is 1.00 bits per heavy atom. The van der Waals surface area contributed by atoms with Crippen LogP contribution in [0.1, 0.15) is 17.0 Å². The van der Waals surface area contributed by atoms with Crippen molar-refractivity contribution in [2.24, 2.45) is 0 Å². The fourth-order valence-electron chi connectivity index (χ4n) is 3.46. The molecule has 5 heteroatoms. The lowest BCUT2D eigenvalue weighted by Crippen LogP contribution is -2.15. The molecule has 0 spiro atoms. The molecule has 0 amide bonds. The minimum atomic E-state index is -0.358. The van der Waals surface area contributed by atoms with Crippen LogP contribution in [-0.2, 0) is 0 Å². The zero-order valence-corrected chi connectivity index (χ0v) is 14.8. The van der Waals surface area contributed by atoms with Crippen LogP contribution in [0.2, 0.25) is 0 Å². The van der Waals surface area contributed by atoms with E-state index < -0.39 is 0 Å². The van der Waals surface area contributed by atoms with Crippen molar-refractivity contribution in [3.05, 3.63) is 81.5 Å². The monoisotopic (exact) mass is 347 g/mol. The molecule has 0 atom stereocenters. The molecule has 4 rings (SSSR count). The van der Waals surface area contributed by atoms with Crippen LogP contribution >= 0.6 is 0 Å². The Morgan fingerprint density at radius 3 is 2.42 bits per heavy atom. The number of rotatable bonds is 2. The minimum Gasteiger partial charge on any atom is -0.296 e. The molecular weight excluding hydrogens is 329 g/mol. The van der Waals surface area contributed by atoms with Crippen molar-refractivity contribution in [1.29, 1.82) is 0 Å². The predicted molar refractivity (Wildman–Crippen MR) is 101 cm³/mol. The van der Waals surface area contributed by atoms with E-state index in [4.69, 9.17) is 0 Å². The Bertz CT molecular complexity index is 1170. The summed E-state index contributed by atoms with van der Waals surface area (Å²) in [4.78, 5) is 17.6. The number of hydrogen-bond donors (Lipinski definition) is 1. The summed E-state index contributed by atoms with van der Waals surface area (Å²) in [5, 5.41) is 3.26. The number of aryl methyl sites for hydroxylation is 3. The summed E-state index contributed by atoms with van der Waals surface area (Å²) in [7, 11) is 0. The molecule has 4 aromatic rings. The molecule has 2 heterocycles. The molecule has 1 N–H and O–H groups in total. The molecule has 0 saturated heterocycles. The molecule has 0 fully saturated rings. The molecule has 2 aromatic carbocycles. The molecule has 0 aliphatic heterocycles. The Balaban J connectivity index is 2.04. The number of nitrogens with one attached hydrogen (secondary N) is 1. The summed E-state index contributed by atoms with van der Waals surface area (Å²) < 4.78 is 15.6. The van der Waals surface area contributed by atoms with E-state index in [1.54, 1.807) is 4.52 Å². The van der Waals surface area contributed by atoms with E-state index >= 15 is 0 Å². The molecule has 0 saturated carbocycles. The van der Waals surface area contributed by atoms with Gasteiger partial charge in [0.15, 0.2) is 0 Å². The molecule has 26 heavy (non-hydrogen) atoms. The highest BCUT2D eigenvalue weighted by atomic mass is 19.1. The van der Waals surface area contributed by atoms with Gasteiger partial charge in [0.25, 0.3) is 0 Å². The fraction of sp³-hybridized carbons (Fsp3) is 0.143. The number of benzene rings is 2. The maximum Gasteiger partial charge on any atom is 0.232 e. The maximum atomic E-state index is 13.8. The fourth-order valence-corrected chi connectivity index (χ4v) is 3.46. The smallest absolute Gasteiger partial charge is 0.232 e. The first-order chi connectivity index (χ1) is 12.5. The quantitative estimate of drug-likeness (QED) is 0.583. The summed E-state index contributed by atoms with van der Waals surface area (Å²) in [5.41, 5.74) is 5.13. The number of aromatic amines is 1. The summed E-state index contributed by atoms with van der Waals surface area (Å²) in [6.45, 7) is 5.51. The summed E-state index contributed by atoms with van der Waals surface area (Å²) in [5.74, 6) is -0.358. The van der Waals surface area contributed by atoms with Crippen molar-refractivity contribution in [3.63, 3.8) is 0 Å². The number of hydrogen-bond acceptors (Lipinski definition) is 2. The average Bonchev–Trinajstić information content (AvgIpc) is 2.91. The number of aromatic nitrogens is 3. The van der Waals surface area contributed by atoms with Gasteiger partial charge in [-0.25, -0.2) is 13.9 Å². The van der Waals surface area contributed by atoms with E-state index in [1.807, 2.05) is 57.2 Å². The second kappa shape index (κ2) is 5.95. The van der Waals surface area contributed by atoms with Gasteiger partial charge in [0, 0.05) is 11.3 Å². The van der Waals surface area contributed by atoms with E-state index in [-0.39, 0.29) is 11.2 Å². The number of fused-ring (bicyclic) bond motifs is 1. The van der Waals surface area contributed by atoms with Gasteiger partial charge >= 0.3 is 0 Å². The normalized spacial score (nSPS) is 11.2. The number of H-pyrrole nitrogens is 1. The van der Waals surface area contributed by atoms with Gasteiger partial charge in [0.2, 0.25) is 11.1 Å². The lowest BCUT2D eigenvalue weighted by atomic mass is 10.0. The van der Waals surface area contributed by atoms with Gasteiger partial charge in [0.05, 0.1) is 17.0 Å². The Labute approximate surface area is 149 Å². The van der Waals surface area contributed by atoms with Gasteiger partial charge in [-0.2, -0.15) is 0 Å². The van der Waals surface area contributed by atoms with Crippen LogP contribution in [0.3, 0.4) is 0 Å². The number of halogens is 1. The maximum absolute atomic E-state index is 13.8. The van der Waals surface area contributed by atoms with Gasteiger partial charge in [-0.05, 0) is 44.0 Å². The molecule has 4 nitrogen and oxygen atoms in total. The molecule has 0 aliphatic rings. The molecule has 130 valence electrons. The zero-order valence-electron chi connectivity index (χ0n) is 14.8.